The monoisotopic (exact) mass is 392 g/mol. The first-order chi connectivity index (χ1) is 12.9. The Labute approximate surface area is 152 Å². The van der Waals surface area contributed by atoms with Crippen LogP contribution in [-0.2, 0) is 0 Å². The maximum Gasteiger partial charge on any atom is 0.337 e. The van der Waals surface area contributed by atoms with E-state index in [-0.39, 0.29) is 0 Å². The van der Waals surface area contributed by atoms with Gasteiger partial charge >= 0.3 is 35.8 Å². The van der Waals surface area contributed by atoms with Crippen LogP contribution in [0.1, 0.15) is 62.1 Å². The zero-order chi connectivity index (χ0) is 21.5. The lowest BCUT2D eigenvalue weighted by atomic mass is 9.86. The van der Waals surface area contributed by atoms with Gasteiger partial charge in [0.15, 0.2) is 0 Å². The van der Waals surface area contributed by atoms with Gasteiger partial charge in [0.05, 0.1) is 33.4 Å². The van der Waals surface area contributed by atoms with Gasteiger partial charge in [-0.25, -0.2) is 28.8 Å². The van der Waals surface area contributed by atoms with Crippen molar-refractivity contribution in [3.63, 3.8) is 0 Å². The Morgan fingerprint density at radius 2 is 0.679 bits per heavy atom. The fourth-order valence-corrected chi connectivity index (χ4v) is 2.75. The second-order valence-electron chi connectivity index (χ2n) is 5.27. The third-order valence-corrected chi connectivity index (χ3v) is 3.75. The predicted octanol–water partition coefficient (Wildman–Crippen LogP) is 1.03. The van der Waals surface area contributed by atoms with Crippen molar-refractivity contribution >= 4 is 46.6 Å². The van der Waals surface area contributed by atoms with Gasteiger partial charge in [0.25, 0.3) is 0 Å². The highest BCUT2D eigenvalue weighted by Crippen LogP contribution is 2.35. The predicted molar refractivity (Wildman–Crippen MR) is 85.7 cm³/mol. The highest BCUT2D eigenvalue weighted by molar-refractivity contribution is 6.26. The van der Waals surface area contributed by atoms with Crippen LogP contribution in [0.5, 0.6) is 0 Å². The number of carbonyl (C=O) groups is 6. The Morgan fingerprint density at radius 3 is 0.857 bits per heavy atom. The van der Waals surface area contributed by atoms with Crippen LogP contribution in [0, 0.1) is 0 Å². The Morgan fingerprint density at radius 1 is 0.429 bits per heavy atom. The van der Waals surface area contributed by atoms with Crippen molar-refractivity contribution < 1.29 is 59.4 Å². The third-order valence-electron chi connectivity index (χ3n) is 3.75. The van der Waals surface area contributed by atoms with Gasteiger partial charge in [0, 0.05) is 10.8 Å². The first kappa shape index (κ1) is 19.8. The quantitative estimate of drug-likeness (QED) is 0.405. The SMILES string of the molecule is O=C(O)c1cc(C(=O)O)c2c(C(=O)O)c(C(=O)O)cc(C(=O)O)c2c1C(=O)O. The summed E-state index contributed by atoms with van der Waals surface area (Å²) in [5.41, 5.74) is -6.77. The number of hydrogen-bond acceptors (Lipinski definition) is 6. The zero-order valence-corrected chi connectivity index (χ0v) is 13.3. The molecule has 6 N–H and O–H groups in total. The van der Waals surface area contributed by atoms with Crippen molar-refractivity contribution in [3.05, 3.63) is 45.5 Å². The van der Waals surface area contributed by atoms with Gasteiger partial charge in [-0.1, -0.05) is 0 Å². The fourth-order valence-electron chi connectivity index (χ4n) is 2.75. The molecule has 2 rings (SSSR count). The van der Waals surface area contributed by atoms with E-state index in [1.807, 2.05) is 0 Å². The number of benzene rings is 2. The minimum Gasteiger partial charge on any atom is -0.478 e. The molecule has 0 aliphatic carbocycles. The van der Waals surface area contributed by atoms with E-state index >= 15 is 0 Å². The van der Waals surface area contributed by atoms with Crippen LogP contribution in [-0.4, -0.2) is 66.5 Å². The maximum absolute atomic E-state index is 11.6. The number of carboxylic acids is 6. The van der Waals surface area contributed by atoms with Crippen LogP contribution in [0.3, 0.4) is 0 Å². The number of fused-ring (bicyclic) bond motifs is 1. The molecule has 144 valence electrons. The summed E-state index contributed by atoms with van der Waals surface area (Å²) >= 11 is 0. The Balaban J connectivity index is 3.47. The third kappa shape index (κ3) is 2.94. The summed E-state index contributed by atoms with van der Waals surface area (Å²) in [6, 6.07) is 0.667. The van der Waals surface area contributed by atoms with Gasteiger partial charge in [-0.05, 0) is 12.1 Å². The van der Waals surface area contributed by atoms with Gasteiger partial charge in [-0.3, -0.25) is 0 Å². The summed E-state index contributed by atoms with van der Waals surface area (Å²) in [5.74, 6) is -11.7. The Bertz CT molecular complexity index is 1040. The lowest BCUT2D eigenvalue weighted by molar-refractivity contribution is 0.0645. The topological polar surface area (TPSA) is 224 Å². The molecule has 28 heavy (non-hydrogen) atoms. The van der Waals surface area contributed by atoms with Crippen LogP contribution in [0.25, 0.3) is 10.8 Å². The fraction of sp³-hybridized carbons (Fsp3) is 0. The first-order valence-electron chi connectivity index (χ1n) is 6.97. The van der Waals surface area contributed by atoms with Gasteiger partial charge in [0.2, 0.25) is 0 Å². The molecular formula is C16H8O12. The zero-order valence-electron chi connectivity index (χ0n) is 13.3. The normalized spacial score (nSPS) is 10.4. The van der Waals surface area contributed by atoms with E-state index in [0.717, 1.165) is 0 Å². The van der Waals surface area contributed by atoms with Crippen LogP contribution >= 0.6 is 0 Å². The highest BCUT2D eigenvalue weighted by atomic mass is 16.4. The van der Waals surface area contributed by atoms with Crippen molar-refractivity contribution in [3.8, 4) is 0 Å². The molecule has 0 spiro atoms. The molecular weight excluding hydrogens is 384 g/mol. The minimum atomic E-state index is -1.98. The highest BCUT2D eigenvalue weighted by Gasteiger charge is 2.33. The molecule has 0 aliphatic heterocycles. The average Bonchev–Trinajstić information content (AvgIpc) is 2.57. The summed E-state index contributed by atoms with van der Waals surface area (Å²) in [4.78, 5) is 69.2. The molecule has 0 unspecified atom stereocenters. The molecule has 2 aromatic carbocycles. The van der Waals surface area contributed by atoms with Crippen molar-refractivity contribution in [2.75, 3.05) is 0 Å². The molecule has 2 aromatic rings. The van der Waals surface area contributed by atoms with E-state index in [2.05, 4.69) is 0 Å². The molecule has 0 amide bonds. The van der Waals surface area contributed by atoms with Gasteiger partial charge < -0.3 is 30.6 Å². The van der Waals surface area contributed by atoms with Crippen molar-refractivity contribution in [2.24, 2.45) is 0 Å². The largest absolute Gasteiger partial charge is 0.478 e. The lowest BCUT2D eigenvalue weighted by Gasteiger charge is -2.16. The van der Waals surface area contributed by atoms with E-state index in [1.165, 1.54) is 0 Å². The van der Waals surface area contributed by atoms with E-state index in [4.69, 9.17) is 0 Å². The van der Waals surface area contributed by atoms with Crippen LogP contribution in [0.4, 0.5) is 0 Å². The maximum atomic E-state index is 11.6. The summed E-state index contributed by atoms with van der Waals surface area (Å²) in [6.45, 7) is 0. The van der Waals surface area contributed by atoms with Crippen LogP contribution < -0.4 is 0 Å². The number of aromatic carboxylic acids is 6. The average molecular weight is 392 g/mol. The molecule has 12 heteroatoms. The van der Waals surface area contributed by atoms with Gasteiger partial charge in [-0.15, -0.1) is 0 Å². The number of carboxylic acid groups (broad SMARTS) is 6. The number of hydrogen-bond donors (Lipinski definition) is 6. The molecule has 0 atom stereocenters. The molecule has 12 nitrogen and oxygen atoms in total. The molecule has 0 aromatic heterocycles. The molecule has 0 fully saturated rings. The summed E-state index contributed by atoms with van der Waals surface area (Å²) in [5, 5.41) is 53.9. The molecule has 0 bridgehead atoms. The van der Waals surface area contributed by atoms with E-state index in [0.29, 0.717) is 12.1 Å². The van der Waals surface area contributed by atoms with Gasteiger partial charge in [0.1, 0.15) is 0 Å². The van der Waals surface area contributed by atoms with E-state index < -0.39 is 80.0 Å². The Hall–Kier alpha value is -4.48. The first-order valence-corrected chi connectivity index (χ1v) is 6.97. The summed E-state index contributed by atoms with van der Waals surface area (Å²) < 4.78 is 0. The van der Waals surface area contributed by atoms with E-state index in [9.17, 15) is 59.4 Å². The van der Waals surface area contributed by atoms with E-state index in [1.54, 1.807) is 0 Å². The second kappa shape index (κ2) is 6.68. The van der Waals surface area contributed by atoms with Crippen LogP contribution in [0.15, 0.2) is 12.1 Å². The molecule has 0 radical (unpaired) electrons. The minimum absolute atomic E-state index is 0.333. The Kier molecular flexibility index (Phi) is 4.73. The standard InChI is InChI=1S/C16H8O12/c17-11(18)3-1-5(13(21)22)9(15(25)26)8-4(12(19)20)2-6(14(23)24)10(7(3)8)16(27)28/h1-2H,(H,17,18)(H,19,20)(H,21,22)(H,23,24)(H,25,26)(H,27,28). The summed E-state index contributed by atoms with van der Waals surface area (Å²) in [7, 11) is 0. The smallest absolute Gasteiger partial charge is 0.337 e. The molecule has 0 aliphatic rings. The van der Waals surface area contributed by atoms with Crippen LogP contribution in [0.2, 0.25) is 0 Å². The lowest BCUT2D eigenvalue weighted by Crippen LogP contribution is -2.19. The second-order valence-corrected chi connectivity index (χ2v) is 5.27. The molecule has 0 saturated heterocycles. The van der Waals surface area contributed by atoms with Crippen molar-refractivity contribution in [1.29, 1.82) is 0 Å². The molecule has 0 saturated carbocycles. The summed E-state index contributed by atoms with van der Waals surface area (Å²) in [6.07, 6.45) is 0. The number of rotatable bonds is 6. The molecule has 0 heterocycles. The van der Waals surface area contributed by atoms with Crippen molar-refractivity contribution in [1.82, 2.24) is 0 Å². The van der Waals surface area contributed by atoms with Crippen molar-refractivity contribution in [2.45, 2.75) is 0 Å². The van der Waals surface area contributed by atoms with Gasteiger partial charge in [-0.2, -0.15) is 0 Å².